The first-order valence-electron chi connectivity index (χ1n) is 11.2. The van der Waals surface area contributed by atoms with Crippen LogP contribution < -0.4 is 10.1 Å². The van der Waals surface area contributed by atoms with Gasteiger partial charge in [-0.15, -0.1) is 0 Å². The molecule has 0 aliphatic carbocycles. The molecule has 2 N–H and O–H groups in total. The number of nitrogens with zero attached hydrogens (tertiary/aromatic N) is 2. The van der Waals surface area contributed by atoms with Crippen molar-refractivity contribution in [2.24, 2.45) is 0 Å². The van der Waals surface area contributed by atoms with E-state index in [0.717, 1.165) is 50.8 Å². The molecule has 6 heteroatoms. The van der Waals surface area contributed by atoms with E-state index in [0.29, 0.717) is 12.1 Å². The molecule has 0 saturated heterocycles. The molecule has 0 radical (unpaired) electrons. The SMILES string of the molecule is COc1ccc(Cn2c(C)c(C)c(-c3nc4ccccc4[nH]3)c2NC(=O)c2ccccc2)cc1. The third kappa shape index (κ3) is 3.94. The summed E-state index contributed by atoms with van der Waals surface area (Å²) in [5.41, 5.74) is 6.57. The standard InChI is InChI=1S/C28H26N4O2/c1-18-19(2)32(17-20-13-15-22(34-3)16-14-20)27(31-28(33)21-9-5-4-6-10-21)25(18)26-29-23-11-7-8-12-24(23)30-26/h4-16H,17H2,1-3H3,(H,29,30)(H,31,33). The molecule has 5 aromatic rings. The smallest absolute Gasteiger partial charge is 0.256 e. The summed E-state index contributed by atoms with van der Waals surface area (Å²) in [6.07, 6.45) is 0. The number of amides is 1. The number of hydrogen-bond donors (Lipinski definition) is 2. The molecule has 1 amide bonds. The minimum atomic E-state index is -0.161. The first-order chi connectivity index (χ1) is 16.5. The van der Waals surface area contributed by atoms with Crippen molar-refractivity contribution >= 4 is 22.8 Å². The van der Waals surface area contributed by atoms with Gasteiger partial charge in [-0.1, -0.05) is 42.5 Å². The van der Waals surface area contributed by atoms with Gasteiger partial charge in [0.05, 0.1) is 23.7 Å². The third-order valence-corrected chi connectivity index (χ3v) is 6.22. The van der Waals surface area contributed by atoms with Crippen LogP contribution in [0.25, 0.3) is 22.4 Å². The Kier molecular flexibility index (Phi) is 5.64. The summed E-state index contributed by atoms with van der Waals surface area (Å²) in [6.45, 7) is 4.74. The molecule has 6 nitrogen and oxygen atoms in total. The van der Waals surface area contributed by atoms with Crippen molar-refractivity contribution in [2.45, 2.75) is 20.4 Å². The van der Waals surface area contributed by atoms with E-state index in [1.165, 1.54) is 0 Å². The lowest BCUT2D eigenvalue weighted by molar-refractivity contribution is 0.102. The Hall–Kier alpha value is -4.32. The van der Waals surface area contributed by atoms with Crippen molar-refractivity contribution in [2.75, 3.05) is 12.4 Å². The predicted octanol–water partition coefficient (Wildman–Crippen LogP) is 5.96. The van der Waals surface area contributed by atoms with E-state index in [-0.39, 0.29) is 5.91 Å². The molecule has 2 heterocycles. The van der Waals surface area contributed by atoms with Crippen molar-refractivity contribution in [3.8, 4) is 17.1 Å². The second-order valence-electron chi connectivity index (χ2n) is 8.29. The quantitative estimate of drug-likeness (QED) is 0.335. The Labute approximate surface area is 198 Å². The molecule has 170 valence electrons. The molecule has 0 saturated carbocycles. The summed E-state index contributed by atoms with van der Waals surface area (Å²) < 4.78 is 7.44. The second-order valence-corrected chi connectivity index (χ2v) is 8.29. The summed E-state index contributed by atoms with van der Waals surface area (Å²) >= 11 is 0. The summed E-state index contributed by atoms with van der Waals surface area (Å²) in [7, 11) is 1.66. The number of anilines is 1. The van der Waals surface area contributed by atoms with E-state index in [2.05, 4.69) is 28.7 Å². The maximum Gasteiger partial charge on any atom is 0.256 e. The van der Waals surface area contributed by atoms with Gasteiger partial charge in [0.2, 0.25) is 0 Å². The van der Waals surface area contributed by atoms with Crippen LogP contribution in [-0.2, 0) is 6.54 Å². The van der Waals surface area contributed by atoms with Crippen molar-refractivity contribution in [3.05, 3.63) is 101 Å². The molecular formula is C28H26N4O2. The highest BCUT2D eigenvalue weighted by Gasteiger charge is 2.23. The van der Waals surface area contributed by atoms with Gasteiger partial charge in [0.1, 0.15) is 17.4 Å². The molecule has 3 aromatic carbocycles. The largest absolute Gasteiger partial charge is 0.497 e. The van der Waals surface area contributed by atoms with Gasteiger partial charge in [-0.2, -0.15) is 0 Å². The van der Waals surface area contributed by atoms with E-state index in [4.69, 9.17) is 9.72 Å². The summed E-state index contributed by atoms with van der Waals surface area (Å²) in [4.78, 5) is 21.5. The molecule has 0 aliphatic rings. The minimum absolute atomic E-state index is 0.161. The fourth-order valence-electron chi connectivity index (χ4n) is 4.23. The lowest BCUT2D eigenvalue weighted by atomic mass is 10.1. The molecule has 0 aliphatic heterocycles. The van der Waals surface area contributed by atoms with E-state index in [9.17, 15) is 4.79 Å². The zero-order chi connectivity index (χ0) is 23.7. The van der Waals surface area contributed by atoms with Crippen LogP contribution in [0.5, 0.6) is 5.75 Å². The van der Waals surface area contributed by atoms with Crippen LogP contribution >= 0.6 is 0 Å². The number of carbonyl (C=O) groups excluding carboxylic acids is 1. The van der Waals surface area contributed by atoms with Gasteiger partial charge in [-0.3, -0.25) is 4.79 Å². The summed E-state index contributed by atoms with van der Waals surface area (Å²) in [5, 5.41) is 3.18. The van der Waals surface area contributed by atoms with Crippen LogP contribution in [0, 0.1) is 13.8 Å². The van der Waals surface area contributed by atoms with Crippen LogP contribution in [0.2, 0.25) is 0 Å². The molecular weight excluding hydrogens is 424 g/mol. The van der Waals surface area contributed by atoms with Gasteiger partial charge >= 0.3 is 0 Å². The zero-order valence-electron chi connectivity index (χ0n) is 19.4. The van der Waals surface area contributed by atoms with Crippen LogP contribution in [0.1, 0.15) is 27.2 Å². The zero-order valence-corrected chi connectivity index (χ0v) is 19.4. The van der Waals surface area contributed by atoms with Gasteiger partial charge in [-0.25, -0.2) is 4.98 Å². The average molecular weight is 451 g/mol. The fraction of sp³-hybridized carbons (Fsp3) is 0.143. The number of ether oxygens (including phenoxy) is 1. The number of fused-ring (bicyclic) bond motifs is 1. The van der Waals surface area contributed by atoms with E-state index in [1.807, 2.05) is 78.9 Å². The van der Waals surface area contributed by atoms with Crippen molar-refractivity contribution in [3.63, 3.8) is 0 Å². The molecule has 0 spiro atoms. The van der Waals surface area contributed by atoms with Crippen LogP contribution in [0.15, 0.2) is 78.9 Å². The predicted molar refractivity (Wildman–Crippen MR) is 135 cm³/mol. The number of benzene rings is 3. The van der Waals surface area contributed by atoms with E-state index in [1.54, 1.807) is 7.11 Å². The lowest BCUT2D eigenvalue weighted by Crippen LogP contribution is -2.16. The first-order valence-corrected chi connectivity index (χ1v) is 11.2. The average Bonchev–Trinajstić information content (AvgIpc) is 3.39. The topological polar surface area (TPSA) is 71.9 Å². The molecule has 5 rings (SSSR count). The monoisotopic (exact) mass is 450 g/mol. The van der Waals surface area contributed by atoms with Crippen molar-refractivity contribution in [1.29, 1.82) is 0 Å². The molecule has 34 heavy (non-hydrogen) atoms. The van der Waals surface area contributed by atoms with Gasteiger partial charge in [0.25, 0.3) is 5.91 Å². The molecule has 0 unspecified atom stereocenters. The Morgan fingerprint density at radius 1 is 0.971 bits per heavy atom. The Morgan fingerprint density at radius 2 is 1.68 bits per heavy atom. The number of imidazole rings is 1. The highest BCUT2D eigenvalue weighted by molar-refractivity contribution is 6.06. The Bertz CT molecular complexity index is 1430. The second kappa shape index (κ2) is 8.90. The Morgan fingerprint density at radius 3 is 2.38 bits per heavy atom. The maximum absolute atomic E-state index is 13.2. The van der Waals surface area contributed by atoms with Gasteiger partial charge in [0, 0.05) is 17.8 Å². The highest BCUT2D eigenvalue weighted by Crippen LogP contribution is 2.36. The number of para-hydroxylation sites is 2. The third-order valence-electron chi connectivity index (χ3n) is 6.22. The van der Waals surface area contributed by atoms with Crippen molar-refractivity contribution in [1.82, 2.24) is 14.5 Å². The highest BCUT2D eigenvalue weighted by atomic mass is 16.5. The number of nitrogens with one attached hydrogen (secondary N) is 2. The number of aromatic nitrogens is 3. The molecule has 0 fully saturated rings. The summed E-state index contributed by atoms with van der Waals surface area (Å²) in [6, 6.07) is 25.2. The number of hydrogen-bond acceptors (Lipinski definition) is 3. The number of rotatable bonds is 6. The maximum atomic E-state index is 13.2. The van der Waals surface area contributed by atoms with Crippen LogP contribution in [0.3, 0.4) is 0 Å². The first kappa shape index (κ1) is 21.5. The molecule has 2 aromatic heterocycles. The normalized spacial score (nSPS) is 11.0. The van der Waals surface area contributed by atoms with Crippen LogP contribution in [0.4, 0.5) is 5.82 Å². The molecule has 0 atom stereocenters. The Balaban J connectivity index is 1.63. The number of methoxy groups -OCH3 is 1. The van der Waals surface area contributed by atoms with Gasteiger partial charge in [0.15, 0.2) is 0 Å². The fourth-order valence-corrected chi connectivity index (χ4v) is 4.23. The lowest BCUT2D eigenvalue weighted by Gasteiger charge is -2.14. The number of H-pyrrole nitrogens is 1. The molecule has 0 bridgehead atoms. The van der Waals surface area contributed by atoms with Crippen molar-refractivity contribution < 1.29 is 9.53 Å². The van der Waals surface area contributed by atoms with E-state index >= 15 is 0 Å². The number of aromatic amines is 1. The minimum Gasteiger partial charge on any atom is -0.497 e. The van der Waals surface area contributed by atoms with Crippen LogP contribution in [-0.4, -0.2) is 27.6 Å². The number of carbonyl (C=O) groups is 1. The van der Waals surface area contributed by atoms with E-state index < -0.39 is 0 Å². The van der Waals surface area contributed by atoms with Gasteiger partial charge in [-0.05, 0) is 61.4 Å². The van der Waals surface area contributed by atoms with Gasteiger partial charge < -0.3 is 19.6 Å². The summed E-state index contributed by atoms with van der Waals surface area (Å²) in [5.74, 6) is 2.11.